The van der Waals surface area contributed by atoms with Crippen LogP contribution in [0.3, 0.4) is 0 Å². The van der Waals surface area contributed by atoms with Crippen LogP contribution in [0.5, 0.6) is 0 Å². The van der Waals surface area contributed by atoms with E-state index in [-0.39, 0.29) is 11.3 Å². The zero-order valence-corrected chi connectivity index (χ0v) is 11.7. The molecule has 19 heavy (non-hydrogen) atoms. The van der Waals surface area contributed by atoms with E-state index in [9.17, 15) is 21.6 Å². The fourth-order valence-electron chi connectivity index (χ4n) is 1.21. The first-order valence-corrected chi connectivity index (χ1v) is 9.04. The van der Waals surface area contributed by atoms with Crippen molar-refractivity contribution in [1.29, 1.82) is 0 Å². The molecule has 0 bridgehead atoms. The first kappa shape index (κ1) is 15.6. The van der Waals surface area contributed by atoms with Gasteiger partial charge in [0.25, 0.3) is 0 Å². The topological polar surface area (TPSA) is 118 Å². The molecule has 0 saturated heterocycles. The number of aromatic carboxylic acids is 1. The van der Waals surface area contributed by atoms with Crippen molar-refractivity contribution in [2.24, 2.45) is 0 Å². The van der Waals surface area contributed by atoms with Crippen LogP contribution in [-0.2, 0) is 25.4 Å². The van der Waals surface area contributed by atoms with Crippen molar-refractivity contribution in [3.05, 3.63) is 29.6 Å². The van der Waals surface area contributed by atoms with E-state index in [0.717, 1.165) is 12.5 Å². The number of aromatic nitrogens is 1. The van der Waals surface area contributed by atoms with E-state index in [1.807, 2.05) is 0 Å². The summed E-state index contributed by atoms with van der Waals surface area (Å²) in [7, 11) is -6.93. The smallest absolute Gasteiger partial charge is 0.337 e. The van der Waals surface area contributed by atoms with Gasteiger partial charge in [-0.3, -0.25) is 4.98 Å². The lowest BCUT2D eigenvalue weighted by molar-refractivity contribution is 0.0696. The highest BCUT2D eigenvalue weighted by Gasteiger charge is 2.16. The van der Waals surface area contributed by atoms with Crippen molar-refractivity contribution >= 4 is 25.6 Å². The zero-order valence-electron chi connectivity index (χ0n) is 10.1. The second kappa shape index (κ2) is 5.66. The van der Waals surface area contributed by atoms with E-state index in [2.05, 4.69) is 4.98 Å². The first-order valence-electron chi connectivity index (χ1n) is 5.15. The summed E-state index contributed by atoms with van der Waals surface area (Å²) in [5.74, 6) is -2.49. The second-order valence-electron chi connectivity index (χ2n) is 4.07. The normalized spacial score (nSPS) is 12.3. The Morgan fingerprint density at radius 1 is 1.21 bits per heavy atom. The molecular formula is C10H13NO6S2. The summed E-state index contributed by atoms with van der Waals surface area (Å²) in [5.41, 5.74) is 0.135. The maximum atomic E-state index is 11.6. The lowest BCUT2D eigenvalue weighted by atomic mass is 10.2. The molecule has 106 valence electrons. The van der Waals surface area contributed by atoms with Crippen LogP contribution in [0, 0.1) is 0 Å². The molecule has 0 radical (unpaired) electrons. The molecule has 1 heterocycles. The fraction of sp³-hybridized carbons (Fsp3) is 0.400. The molecule has 0 aromatic carbocycles. The molecule has 1 N–H and O–H groups in total. The Morgan fingerprint density at radius 2 is 1.84 bits per heavy atom. The first-order chi connectivity index (χ1) is 8.59. The standard InChI is InChI=1S/C10H13NO6S2/c1-18(14,15)4-5-19(16,17)7-9-3-2-8(6-11-9)10(12)13/h2-3,6H,4-5,7H2,1H3,(H,12,13). The van der Waals surface area contributed by atoms with Crippen molar-refractivity contribution in [2.45, 2.75) is 5.75 Å². The SMILES string of the molecule is CS(=O)(=O)CCS(=O)(=O)Cc1ccc(C(=O)O)cn1. The van der Waals surface area contributed by atoms with Crippen LogP contribution in [0.15, 0.2) is 18.3 Å². The maximum Gasteiger partial charge on any atom is 0.337 e. The predicted octanol–water partition coefficient (Wildman–Crippen LogP) is -0.261. The van der Waals surface area contributed by atoms with Crippen molar-refractivity contribution in [2.75, 3.05) is 17.8 Å². The van der Waals surface area contributed by atoms with Crippen LogP contribution in [0.1, 0.15) is 16.1 Å². The quantitative estimate of drug-likeness (QED) is 0.769. The molecule has 1 rings (SSSR count). The van der Waals surface area contributed by atoms with Crippen LogP contribution in [0.25, 0.3) is 0 Å². The van der Waals surface area contributed by atoms with Gasteiger partial charge < -0.3 is 5.11 Å². The molecule has 0 atom stereocenters. The number of rotatable bonds is 6. The van der Waals surface area contributed by atoms with E-state index >= 15 is 0 Å². The van der Waals surface area contributed by atoms with Gasteiger partial charge in [-0.05, 0) is 12.1 Å². The van der Waals surface area contributed by atoms with E-state index < -0.39 is 42.9 Å². The third kappa shape index (κ3) is 5.79. The van der Waals surface area contributed by atoms with Gasteiger partial charge in [0.1, 0.15) is 9.84 Å². The minimum absolute atomic E-state index is 0.0442. The Labute approximate surface area is 111 Å². The zero-order chi connectivity index (χ0) is 14.7. The Balaban J connectivity index is 2.76. The average molecular weight is 307 g/mol. The molecule has 0 aliphatic heterocycles. The molecule has 0 aliphatic rings. The van der Waals surface area contributed by atoms with Crippen LogP contribution in [0.4, 0.5) is 0 Å². The summed E-state index contributed by atoms with van der Waals surface area (Å²) in [6.45, 7) is 0. The number of hydrogen-bond donors (Lipinski definition) is 1. The number of carboxylic acids is 1. The van der Waals surface area contributed by atoms with Gasteiger partial charge in [-0.15, -0.1) is 0 Å². The highest BCUT2D eigenvalue weighted by atomic mass is 32.2. The monoisotopic (exact) mass is 307 g/mol. The summed E-state index contributed by atoms with van der Waals surface area (Å²) >= 11 is 0. The van der Waals surface area contributed by atoms with Crippen molar-refractivity contribution in [3.8, 4) is 0 Å². The summed E-state index contributed by atoms with van der Waals surface area (Å²) in [6, 6.07) is 2.54. The van der Waals surface area contributed by atoms with Gasteiger partial charge in [-0.2, -0.15) is 0 Å². The summed E-state index contributed by atoms with van der Waals surface area (Å²) in [4.78, 5) is 14.3. The molecule has 1 aromatic heterocycles. The van der Waals surface area contributed by atoms with Gasteiger partial charge in [0.05, 0.1) is 28.5 Å². The third-order valence-corrected chi connectivity index (χ3v) is 4.97. The molecule has 0 amide bonds. The third-order valence-electron chi connectivity index (χ3n) is 2.20. The number of hydrogen-bond acceptors (Lipinski definition) is 6. The lowest BCUT2D eigenvalue weighted by Crippen LogP contribution is -2.18. The van der Waals surface area contributed by atoms with Crippen molar-refractivity contribution in [3.63, 3.8) is 0 Å². The second-order valence-corrected chi connectivity index (χ2v) is 8.51. The molecule has 0 fully saturated rings. The molecular weight excluding hydrogens is 294 g/mol. The summed E-state index contributed by atoms with van der Waals surface area (Å²) in [5, 5.41) is 8.66. The van der Waals surface area contributed by atoms with Gasteiger partial charge in [-0.25, -0.2) is 21.6 Å². The van der Waals surface area contributed by atoms with Crippen LogP contribution < -0.4 is 0 Å². The average Bonchev–Trinajstić information content (AvgIpc) is 2.26. The number of carboxylic acid groups (broad SMARTS) is 1. The fourth-order valence-corrected chi connectivity index (χ4v) is 4.20. The van der Waals surface area contributed by atoms with Crippen molar-refractivity contribution < 1.29 is 26.7 Å². The van der Waals surface area contributed by atoms with Gasteiger partial charge in [0.15, 0.2) is 9.84 Å². The van der Waals surface area contributed by atoms with Crippen LogP contribution in [0.2, 0.25) is 0 Å². The Bertz CT molecular complexity index is 660. The highest BCUT2D eigenvalue weighted by Crippen LogP contribution is 2.06. The van der Waals surface area contributed by atoms with Gasteiger partial charge in [0.2, 0.25) is 0 Å². The lowest BCUT2D eigenvalue weighted by Gasteiger charge is -2.03. The van der Waals surface area contributed by atoms with Gasteiger partial charge >= 0.3 is 5.97 Å². The van der Waals surface area contributed by atoms with Crippen LogP contribution in [-0.4, -0.2) is 50.7 Å². The minimum Gasteiger partial charge on any atom is -0.478 e. The van der Waals surface area contributed by atoms with Crippen LogP contribution >= 0.6 is 0 Å². The molecule has 0 unspecified atom stereocenters. The summed E-state index contributed by atoms with van der Waals surface area (Å²) in [6.07, 6.45) is 2.02. The highest BCUT2D eigenvalue weighted by molar-refractivity contribution is 7.94. The number of carbonyl (C=O) groups is 1. The van der Waals surface area contributed by atoms with E-state index in [1.54, 1.807) is 0 Å². The minimum atomic E-state index is -3.59. The largest absolute Gasteiger partial charge is 0.478 e. The Morgan fingerprint density at radius 3 is 2.26 bits per heavy atom. The van der Waals surface area contributed by atoms with E-state index in [0.29, 0.717) is 0 Å². The Kier molecular flexibility index (Phi) is 4.64. The molecule has 1 aromatic rings. The van der Waals surface area contributed by atoms with E-state index in [4.69, 9.17) is 5.11 Å². The van der Waals surface area contributed by atoms with Crippen molar-refractivity contribution in [1.82, 2.24) is 4.98 Å². The number of sulfone groups is 2. The molecule has 7 nitrogen and oxygen atoms in total. The summed E-state index contributed by atoms with van der Waals surface area (Å²) < 4.78 is 45.1. The number of nitrogens with zero attached hydrogens (tertiary/aromatic N) is 1. The maximum absolute atomic E-state index is 11.6. The predicted molar refractivity (Wildman–Crippen MR) is 68.4 cm³/mol. The van der Waals surface area contributed by atoms with Gasteiger partial charge in [0, 0.05) is 12.5 Å². The molecule has 0 aliphatic carbocycles. The molecule has 0 saturated carbocycles. The number of pyridine rings is 1. The molecule has 9 heteroatoms. The Hall–Kier alpha value is -1.48. The molecule has 0 spiro atoms. The van der Waals surface area contributed by atoms with Gasteiger partial charge in [-0.1, -0.05) is 0 Å². The van der Waals surface area contributed by atoms with E-state index in [1.165, 1.54) is 12.1 Å².